The second-order valence-electron chi connectivity index (χ2n) is 5.86. The number of anilines is 1. The molecule has 0 bridgehead atoms. The number of hydrogen-bond donors (Lipinski definition) is 1. The van der Waals surface area contributed by atoms with Crippen molar-refractivity contribution < 1.29 is 9.59 Å². The van der Waals surface area contributed by atoms with E-state index in [1.54, 1.807) is 0 Å². The van der Waals surface area contributed by atoms with Crippen molar-refractivity contribution in [3.05, 3.63) is 70.6 Å². The van der Waals surface area contributed by atoms with Gasteiger partial charge < -0.3 is 5.32 Å². The van der Waals surface area contributed by atoms with Gasteiger partial charge in [-0.3, -0.25) is 14.5 Å². The Morgan fingerprint density at radius 3 is 2.58 bits per heavy atom. The number of benzene rings is 2. The van der Waals surface area contributed by atoms with Gasteiger partial charge in [-0.25, -0.2) is 0 Å². The van der Waals surface area contributed by atoms with E-state index in [-0.39, 0.29) is 24.8 Å². The predicted octanol–water partition coefficient (Wildman–Crippen LogP) is 4.23. The molecule has 1 saturated heterocycles. The SMILES string of the molecule is Cc1ccccc1NC(=O)CCN1C(=O)/C(=C/c2ccccc2)SC1=S. The number of para-hydroxylation sites is 1. The van der Waals surface area contributed by atoms with Crippen molar-refractivity contribution in [2.24, 2.45) is 0 Å². The number of aryl methyl sites for hydroxylation is 1. The van der Waals surface area contributed by atoms with Gasteiger partial charge in [-0.05, 0) is 30.2 Å². The average molecular weight is 383 g/mol. The maximum atomic E-state index is 12.6. The number of amides is 2. The molecule has 0 atom stereocenters. The summed E-state index contributed by atoms with van der Waals surface area (Å²) in [4.78, 5) is 26.8. The molecule has 2 amide bonds. The number of nitrogens with one attached hydrogen (secondary N) is 1. The standard InChI is InChI=1S/C20H18N2O2S2/c1-14-7-5-6-10-16(14)21-18(23)11-12-22-19(24)17(26-20(22)25)13-15-8-3-2-4-9-15/h2-10,13H,11-12H2,1H3,(H,21,23)/b17-13-. The molecule has 0 unspecified atom stereocenters. The highest BCUT2D eigenvalue weighted by atomic mass is 32.2. The second kappa shape index (κ2) is 8.29. The van der Waals surface area contributed by atoms with Gasteiger partial charge in [0.2, 0.25) is 5.91 Å². The van der Waals surface area contributed by atoms with Gasteiger partial charge in [0, 0.05) is 18.7 Å². The minimum atomic E-state index is -0.146. The molecule has 2 aromatic rings. The molecule has 4 nitrogen and oxygen atoms in total. The van der Waals surface area contributed by atoms with Crippen molar-refractivity contribution in [2.75, 3.05) is 11.9 Å². The summed E-state index contributed by atoms with van der Waals surface area (Å²) in [5, 5.41) is 2.87. The summed E-state index contributed by atoms with van der Waals surface area (Å²) < 4.78 is 0.487. The first-order valence-electron chi connectivity index (χ1n) is 8.20. The monoisotopic (exact) mass is 382 g/mol. The third-order valence-corrected chi connectivity index (χ3v) is 5.33. The van der Waals surface area contributed by atoms with Crippen LogP contribution in [0, 0.1) is 6.92 Å². The fourth-order valence-electron chi connectivity index (χ4n) is 2.53. The largest absolute Gasteiger partial charge is 0.326 e. The summed E-state index contributed by atoms with van der Waals surface area (Å²) in [5.41, 5.74) is 2.73. The zero-order chi connectivity index (χ0) is 18.5. The van der Waals surface area contributed by atoms with Crippen molar-refractivity contribution in [1.29, 1.82) is 0 Å². The molecule has 1 aliphatic rings. The van der Waals surface area contributed by atoms with Crippen LogP contribution in [0.25, 0.3) is 6.08 Å². The first kappa shape index (κ1) is 18.4. The fraction of sp³-hybridized carbons (Fsp3) is 0.150. The fourth-order valence-corrected chi connectivity index (χ4v) is 3.84. The van der Waals surface area contributed by atoms with E-state index in [9.17, 15) is 9.59 Å². The van der Waals surface area contributed by atoms with E-state index in [4.69, 9.17) is 12.2 Å². The molecule has 132 valence electrons. The zero-order valence-corrected chi connectivity index (χ0v) is 15.9. The highest BCUT2D eigenvalue weighted by Gasteiger charge is 2.32. The average Bonchev–Trinajstić information content (AvgIpc) is 2.89. The van der Waals surface area contributed by atoms with Crippen LogP contribution in [0.15, 0.2) is 59.5 Å². The van der Waals surface area contributed by atoms with Crippen LogP contribution in [0.3, 0.4) is 0 Å². The van der Waals surface area contributed by atoms with Gasteiger partial charge in [-0.15, -0.1) is 0 Å². The zero-order valence-electron chi connectivity index (χ0n) is 14.3. The van der Waals surface area contributed by atoms with E-state index in [0.717, 1.165) is 16.8 Å². The third kappa shape index (κ3) is 4.39. The van der Waals surface area contributed by atoms with Crippen LogP contribution in [-0.2, 0) is 9.59 Å². The molecule has 1 fully saturated rings. The van der Waals surface area contributed by atoms with Crippen LogP contribution in [0.1, 0.15) is 17.5 Å². The summed E-state index contributed by atoms with van der Waals surface area (Å²) in [6.07, 6.45) is 2.02. The van der Waals surface area contributed by atoms with Crippen LogP contribution in [0.2, 0.25) is 0 Å². The highest BCUT2D eigenvalue weighted by Crippen LogP contribution is 2.32. The predicted molar refractivity (Wildman–Crippen MR) is 111 cm³/mol. The summed E-state index contributed by atoms with van der Waals surface area (Å²) >= 11 is 6.58. The van der Waals surface area contributed by atoms with E-state index in [0.29, 0.717) is 9.23 Å². The molecule has 1 N–H and O–H groups in total. The van der Waals surface area contributed by atoms with Gasteiger partial charge in [0.1, 0.15) is 4.32 Å². The molecule has 1 heterocycles. The minimum Gasteiger partial charge on any atom is -0.326 e. The molecule has 0 radical (unpaired) electrons. The summed E-state index contributed by atoms with van der Waals surface area (Å²) in [6.45, 7) is 2.21. The number of rotatable bonds is 5. The molecular formula is C20H18N2O2S2. The van der Waals surface area contributed by atoms with Crippen molar-refractivity contribution in [1.82, 2.24) is 4.90 Å². The number of thiocarbonyl (C=S) groups is 1. The summed E-state index contributed by atoms with van der Waals surface area (Å²) in [7, 11) is 0. The lowest BCUT2D eigenvalue weighted by molar-refractivity contribution is -0.122. The molecular weight excluding hydrogens is 364 g/mol. The molecule has 0 saturated carbocycles. The normalized spacial score (nSPS) is 15.6. The molecule has 6 heteroatoms. The van der Waals surface area contributed by atoms with Crippen molar-refractivity contribution in [2.45, 2.75) is 13.3 Å². The van der Waals surface area contributed by atoms with Gasteiger partial charge in [0.25, 0.3) is 5.91 Å². The van der Waals surface area contributed by atoms with Gasteiger partial charge in [0.05, 0.1) is 4.91 Å². The van der Waals surface area contributed by atoms with E-state index in [1.807, 2.05) is 67.6 Å². The lowest BCUT2D eigenvalue weighted by Crippen LogP contribution is -2.31. The lowest BCUT2D eigenvalue weighted by atomic mass is 10.2. The molecule has 3 rings (SSSR count). The van der Waals surface area contributed by atoms with Gasteiger partial charge in [-0.1, -0.05) is 72.5 Å². The van der Waals surface area contributed by atoms with Gasteiger partial charge >= 0.3 is 0 Å². The molecule has 0 spiro atoms. The molecule has 2 aromatic carbocycles. The van der Waals surface area contributed by atoms with Crippen molar-refractivity contribution >= 4 is 51.9 Å². The topological polar surface area (TPSA) is 49.4 Å². The highest BCUT2D eigenvalue weighted by molar-refractivity contribution is 8.26. The molecule has 26 heavy (non-hydrogen) atoms. The first-order chi connectivity index (χ1) is 12.5. The first-order valence-corrected chi connectivity index (χ1v) is 9.43. The number of nitrogens with zero attached hydrogens (tertiary/aromatic N) is 1. The Morgan fingerprint density at radius 1 is 1.15 bits per heavy atom. The molecule has 0 aliphatic carbocycles. The van der Waals surface area contributed by atoms with Crippen LogP contribution in [-0.4, -0.2) is 27.6 Å². The Kier molecular flexibility index (Phi) is 5.85. The van der Waals surface area contributed by atoms with Crippen molar-refractivity contribution in [3.8, 4) is 0 Å². The smallest absolute Gasteiger partial charge is 0.266 e. The Hall–Kier alpha value is -2.44. The Labute approximate surface area is 162 Å². The third-order valence-electron chi connectivity index (χ3n) is 3.95. The summed E-state index contributed by atoms with van der Waals surface area (Å²) in [6, 6.07) is 17.2. The van der Waals surface area contributed by atoms with Gasteiger partial charge in [0.15, 0.2) is 0 Å². The van der Waals surface area contributed by atoms with Crippen LogP contribution >= 0.6 is 24.0 Å². The number of thioether (sulfide) groups is 1. The number of carbonyl (C=O) groups excluding carboxylic acids is 2. The Bertz CT molecular complexity index is 878. The lowest BCUT2D eigenvalue weighted by Gasteiger charge is -2.14. The molecule has 1 aliphatic heterocycles. The minimum absolute atomic E-state index is 0.139. The maximum absolute atomic E-state index is 12.6. The number of carbonyl (C=O) groups is 2. The van der Waals surface area contributed by atoms with Crippen LogP contribution in [0.4, 0.5) is 5.69 Å². The Balaban J connectivity index is 1.61. The Morgan fingerprint density at radius 2 is 1.85 bits per heavy atom. The van der Waals surface area contributed by atoms with E-state index < -0.39 is 0 Å². The van der Waals surface area contributed by atoms with E-state index in [2.05, 4.69) is 5.32 Å². The summed E-state index contributed by atoms with van der Waals surface area (Å²) in [5.74, 6) is -0.284. The van der Waals surface area contributed by atoms with Crippen molar-refractivity contribution in [3.63, 3.8) is 0 Å². The van der Waals surface area contributed by atoms with E-state index >= 15 is 0 Å². The van der Waals surface area contributed by atoms with Crippen LogP contribution in [0.5, 0.6) is 0 Å². The van der Waals surface area contributed by atoms with Crippen LogP contribution < -0.4 is 5.32 Å². The number of hydrogen-bond acceptors (Lipinski definition) is 4. The maximum Gasteiger partial charge on any atom is 0.266 e. The second-order valence-corrected chi connectivity index (χ2v) is 7.53. The quantitative estimate of drug-likeness (QED) is 0.621. The molecule has 0 aromatic heterocycles. The van der Waals surface area contributed by atoms with Gasteiger partial charge in [-0.2, -0.15) is 0 Å². The van der Waals surface area contributed by atoms with E-state index in [1.165, 1.54) is 16.7 Å².